The molecule has 62 heavy (non-hydrogen) atoms. The molecule has 0 saturated carbocycles. The summed E-state index contributed by atoms with van der Waals surface area (Å²) < 4.78 is 4.98. The fourth-order valence-corrected chi connectivity index (χ4v) is 10.2. The van der Waals surface area contributed by atoms with Gasteiger partial charge in [0.1, 0.15) is 0 Å². The molecule has 4 nitrogen and oxygen atoms in total. The van der Waals surface area contributed by atoms with Crippen LogP contribution in [0.1, 0.15) is 0 Å². The second kappa shape index (κ2) is 14.9. The number of fused-ring (bicyclic) bond motifs is 7. The van der Waals surface area contributed by atoms with E-state index >= 15 is 0 Å². The molecule has 0 spiro atoms. The molecule has 9 aromatic carbocycles. The number of nitrogens with zero attached hydrogens (tertiary/aromatic N) is 4. The molecule has 0 amide bonds. The number of benzene rings is 9. The summed E-state index contributed by atoms with van der Waals surface area (Å²) in [7, 11) is 0. The average molecular weight is 809 g/mol. The molecular weight excluding hydrogens is 773 g/mol. The topological polar surface area (TPSA) is 43.6 Å². The van der Waals surface area contributed by atoms with Gasteiger partial charge in [-0.3, -0.25) is 0 Å². The number of hydrogen-bond donors (Lipinski definition) is 0. The first-order chi connectivity index (χ1) is 30.7. The van der Waals surface area contributed by atoms with Crippen LogP contribution in [-0.4, -0.2) is 19.5 Å². The number of para-hydroxylation sites is 2. The first kappa shape index (κ1) is 35.9. The third-order valence-electron chi connectivity index (χ3n) is 11.8. The Kier molecular flexibility index (Phi) is 8.65. The average Bonchev–Trinajstić information content (AvgIpc) is 3.91. The molecule has 0 radical (unpaired) electrons. The van der Waals surface area contributed by atoms with Crippen LogP contribution in [0.3, 0.4) is 0 Å². The Morgan fingerprint density at radius 1 is 0.323 bits per heavy atom. The van der Waals surface area contributed by atoms with Crippen LogP contribution >= 0.6 is 11.3 Å². The smallest absolute Gasteiger partial charge is 0.166 e. The van der Waals surface area contributed by atoms with Gasteiger partial charge in [-0.1, -0.05) is 170 Å². The van der Waals surface area contributed by atoms with Gasteiger partial charge in [0.05, 0.1) is 16.7 Å². The number of aromatic nitrogens is 4. The van der Waals surface area contributed by atoms with E-state index < -0.39 is 0 Å². The third-order valence-corrected chi connectivity index (χ3v) is 13.0. The molecule has 0 atom stereocenters. The van der Waals surface area contributed by atoms with Gasteiger partial charge in [-0.05, 0) is 81.9 Å². The molecule has 12 aromatic rings. The minimum atomic E-state index is 0.608. The van der Waals surface area contributed by atoms with Crippen molar-refractivity contribution in [1.29, 1.82) is 0 Å². The van der Waals surface area contributed by atoms with Crippen molar-refractivity contribution in [3.8, 4) is 73.2 Å². The van der Waals surface area contributed by atoms with Gasteiger partial charge >= 0.3 is 0 Å². The van der Waals surface area contributed by atoms with Gasteiger partial charge in [-0.2, -0.15) is 0 Å². The first-order valence-corrected chi connectivity index (χ1v) is 21.7. The van der Waals surface area contributed by atoms with Crippen LogP contribution in [0, 0.1) is 0 Å². The summed E-state index contributed by atoms with van der Waals surface area (Å²) in [5.41, 5.74) is 13.0. The number of rotatable bonds is 7. The standard InChI is InChI=1S/C57H36N4S/c1-5-18-37(19-6-1)41-34-42(38-20-7-2-8-21-38)36-43(35-41)56-58-55(40-24-11-4-12-25-40)59-57(60-56)46-27-14-16-31-49(46)61-48-30-15-13-26-45(48)52-50(61)32-33-51-53(52)47-29-17-28-44(54(47)62-51)39-22-9-3-10-23-39/h1-36H. The van der Waals surface area contributed by atoms with Gasteiger partial charge in [0, 0.05) is 47.6 Å². The van der Waals surface area contributed by atoms with Crippen LogP contribution in [0.5, 0.6) is 0 Å². The van der Waals surface area contributed by atoms with E-state index in [0.29, 0.717) is 17.5 Å². The van der Waals surface area contributed by atoms with Crippen molar-refractivity contribution in [2.24, 2.45) is 0 Å². The molecule has 0 aliphatic carbocycles. The van der Waals surface area contributed by atoms with Crippen LogP contribution in [0.4, 0.5) is 0 Å². The summed E-state index contributed by atoms with van der Waals surface area (Å²) in [6.07, 6.45) is 0. The maximum atomic E-state index is 5.39. The van der Waals surface area contributed by atoms with Crippen LogP contribution in [0.2, 0.25) is 0 Å². The summed E-state index contributed by atoms with van der Waals surface area (Å²) >= 11 is 1.87. The van der Waals surface area contributed by atoms with E-state index in [1.54, 1.807) is 0 Å². The predicted octanol–water partition coefficient (Wildman–Crippen LogP) is 15.3. The molecule has 5 heteroatoms. The summed E-state index contributed by atoms with van der Waals surface area (Å²) in [5, 5.41) is 5.02. The van der Waals surface area contributed by atoms with Crippen LogP contribution in [-0.2, 0) is 0 Å². The van der Waals surface area contributed by atoms with Crippen molar-refractivity contribution in [3.63, 3.8) is 0 Å². The Hall–Kier alpha value is -7.99. The first-order valence-electron chi connectivity index (χ1n) is 20.9. The Balaban J connectivity index is 1.10. The predicted molar refractivity (Wildman–Crippen MR) is 260 cm³/mol. The fourth-order valence-electron chi connectivity index (χ4n) is 9.00. The molecule has 0 unspecified atom stereocenters. The van der Waals surface area contributed by atoms with E-state index in [4.69, 9.17) is 15.0 Å². The number of hydrogen-bond acceptors (Lipinski definition) is 4. The molecule has 3 aromatic heterocycles. The monoisotopic (exact) mass is 808 g/mol. The zero-order valence-corrected chi connectivity index (χ0v) is 34.3. The largest absolute Gasteiger partial charge is 0.308 e. The van der Waals surface area contributed by atoms with Gasteiger partial charge < -0.3 is 4.57 Å². The highest BCUT2D eigenvalue weighted by Crippen LogP contribution is 2.46. The molecule has 12 rings (SSSR count). The Labute approximate surface area is 362 Å². The molecule has 0 bridgehead atoms. The summed E-state index contributed by atoms with van der Waals surface area (Å²) in [6.45, 7) is 0. The van der Waals surface area contributed by atoms with Gasteiger partial charge in [0.15, 0.2) is 17.5 Å². The lowest BCUT2D eigenvalue weighted by Gasteiger charge is -2.15. The van der Waals surface area contributed by atoms with E-state index in [2.05, 4.69) is 205 Å². The Bertz CT molecular complexity index is 3560. The molecule has 0 fully saturated rings. The van der Waals surface area contributed by atoms with Crippen LogP contribution < -0.4 is 0 Å². The summed E-state index contributed by atoms with van der Waals surface area (Å²) in [6, 6.07) is 77.3. The molecule has 0 N–H and O–H groups in total. The molecule has 0 saturated heterocycles. The SMILES string of the molecule is c1ccc(-c2cc(-c3ccccc3)cc(-c3nc(-c4ccccc4)nc(-c4ccccc4-n4c5ccccc5c5c6c(ccc54)sc4c(-c5ccccc5)cccc46)n3)c2)cc1. The molecule has 0 aliphatic rings. The fraction of sp³-hybridized carbons (Fsp3) is 0. The van der Waals surface area contributed by atoms with Crippen molar-refractivity contribution in [2.45, 2.75) is 0 Å². The Morgan fingerprint density at radius 2 is 0.839 bits per heavy atom. The van der Waals surface area contributed by atoms with Crippen molar-refractivity contribution >= 4 is 53.3 Å². The lowest BCUT2D eigenvalue weighted by Crippen LogP contribution is -2.03. The minimum absolute atomic E-state index is 0.608. The van der Waals surface area contributed by atoms with Gasteiger partial charge in [0.25, 0.3) is 0 Å². The third kappa shape index (κ3) is 6.09. The van der Waals surface area contributed by atoms with Crippen molar-refractivity contribution in [1.82, 2.24) is 19.5 Å². The summed E-state index contributed by atoms with van der Waals surface area (Å²) in [5.74, 6) is 1.84. The quantitative estimate of drug-likeness (QED) is 0.161. The lowest BCUT2D eigenvalue weighted by atomic mass is 9.96. The van der Waals surface area contributed by atoms with E-state index in [9.17, 15) is 0 Å². The number of thiophene rings is 1. The lowest BCUT2D eigenvalue weighted by molar-refractivity contribution is 1.06. The second-order valence-corrected chi connectivity index (χ2v) is 16.6. The van der Waals surface area contributed by atoms with E-state index in [1.165, 1.54) is 42.1 Å². The van der Waals surface area contributed by atoms with E-state index in [1.807, 2.05) is 29.5 Å². The van der Waals surface area contributed by atoms with Gasteiger partial charge in [-0.15, -0.1) is 11.3 Å². The zero-order valence-electron chi connectivity index (χ0n) is 33.5. The highest BCUT2D eigenvalue weighted by molar-refractivity contribution is 7.26. The molecular formula is C57H36N4S. The van der Waals surface area contributed by atoms with E-state index in [-0.39, 0.29) is 0 Å². The van der Waals surface area contributed by atoms with Crippen molar-refractivity contribution in [3.05, 3.63) is 218 Å². The highest BCUT2D eigenvalue weighted by atomic mass is 32.1. The van der Waals surface area contributed by atoms with E-state index in [0.717, 1.165) is 55.7 Å². The molecule has 3 heterocycles. The Morgan fingerprint density at radius 3 is 1.53 bits per heavy atom. The molecule has 0 aliphatic heterocycles. The molecule has 290 valence electrons. The van der Waals surface area contributed by atoms with Crippen LogP contribution in [0.25, 0.3) is 115 Å². The second-order valence-electron chi connectivity index (χ2n) is 15.6. The maximum Gasteiger partial charge on any atom is 0.166 e. The van der Waals surface area contributed by atoms with Gasteiger partial charge in [-0.25, -0.2) is 15.0 Å². The van der Waals surface area contributed by atoms with Gasteiger partial charge in [0.2, 0.25) is 0 Å². The highest BCUT2D eigenvalue weighted by Gasteiger charge is 2.22. The van der Waals surface area contributed by atoms with Crippen molar-refractivity contribution in [2.75, 3.05) is 0 Å². The minimum Gasteiger partial charge on any atom is -0.308 e. The zero-order chi connectivity index (χ0) is 41.0. The summed E-state index contributed by atoms with van der Waals surface area (Å²) in [4.78, 5) is 15.9. The van der Waals surface area contributed by atoms with Crippen molar-refractivity contribution < 1.29 is 0 Å². The maximum absolute atomic E-state index is 5.39. The normalized spacial score (nSPS) is 11.5. The van der Waals surface area contributed by atoms with Crippen LogP contribution in [0.15, 0.2) is 218 Å².